The first-order valence-electron chi connectivity index (χ1n) is 10.6. The smallest absolute Gasteiger partial charge is 0.220 e. The van der Waals surface area contributed by atoms with E-state index in [1.165, 1.54) is 44.9 Å². The fourth-order valence-corrected chi connectivity index (χ4v) is 4.60. The topological polar surface area (TPSA) is 66.0 Å². The van der Waals surface area contributed by atoms with Gasteiger partial charge in [-0.05, 0) is 38.5 Å². The van der Waals surface area contributed by atoms with Crippen molar-refractivity contribution in [2.24, 2.45) is 16.3 Å². The fourth-order valence-electron chi connectivity index (χ4n) is 4.60. The second kappa shape index (κ2) is 11.4. The largest absolute Gasteiger partial charge is 0.381 e. The molecule has 1 spiro atoms. The highest BCUT2D eigenvalue weighted by Gasteiger charge is 2.42. The predicted octanol–water partition coefficient (Wildman–Crippen LogP) is 2.77. The van der Waals surface area contributed by atoms with Gasteiger partial charge in [0, 0.05) is 44.6 Å². The Morgan fingerprint density at radius 2 is 2.04 bits per heavy atom. The zero-order valence-corrected chi connectivity index (χ0v) is 19.1. The molecule has 2 N–H and O–H groups in total. The summed E-state index contributed by atoms with van der Waals surface area (Å²) in [6.07, 6.45) is 9.40. The van der Waals surface area contributed by atoms with E-state index in [4.69, 9.17) is 9.73 Å². The van der Waals surface area contributed by atoms with Gasteiger partial charge in [-0.3, -0.25) is 9.79 Å². The lowest BCUT2D eigenvalue weighted by Crippen LogP contribution is -2.42. The van der Waals surface area contributed by atoms with E-state index >= 15 is 0 Å². The number of carbonyl (C=O) groups excluding carboxylic acids is 1. The molecule has 3 fully saturated rings. The first-order chi connectivity index (χ1) is 12.7. The number of likely N-dealkylation sites (tertiary alicyclic amines) is 1. The monoisotopic (exact) mass is 492 g/mol. The normalized spacial score (nSPS) is 26.3. The van der Waals surface area contributed by atoms with Gasteiger partial charge in [0.2, 0.25) is 5.91 Å². The van der Waals surface area contributed by atoms with Crippen LogP contribution in [-0.2, 0) is 9.53 Å². The molecule has 2 saturated heterocycles. The second-order valence-electron chi connectivity index (χ2n) is 8.27. The summed E-state index contributed by atoms with van der Waals surface area (Å²) in [6, 6.07) is 0. The molecule has 0 aromatic carbocycles. The lowest BCUT2D eigenvalue weighted by atomic mass is 9.87. The number of nitrogens with zero attached hydrogens (tertiary/aromatic N) is 2. The highest BCUT2D eigenvalue weighted by atomic mass is 127. The third-order valence-corrected chi connectivity index (χ3v) is 6.15. The van der Waals surface area contributed by atoms with Crippen LogP contribution in [0.5, 0.6) is 0 Å². The van der Waals surface area contributed by atoms with Crippen molar-refractivity contribution in [3.63, 3.8) is 0 Å². The average molecular weight is 492 g/mol. The molecule has 7 heteroatoms. The molecule has 1 aliphatic carbocycles. The van der Waals surface area contributed by atoms with Crippen molar-refractivity contribution in [2.75, 3.05) is 45.9 Å². The molecule has 156 valence electrons. The van der Waals surface area contributed by atoms with Crippen molar-refractivity contribution < 1.29 is 9.53 Å². The number of guanidine groups is 1. The van der Waals surface area contributed by atoms with Crippen LogP contribution in [-0.4, -0.2) is 62.7 Å². The van der Waals surface area contributed by atoms with Crippen LogP contribution in [0.3, 0.4) is 0 Å². The molecule has 2 heterocycles. The second-order valence-corrected chi connectivity index (χ2v) is 8.27. The van der Waals surface area contributed by atoms with E-state index in [2.05, 4.69) is 22.5 Å². The van der Waals surface area contributed by atoms with Crippen molar-refractivity contribution in [3.8, 4) is 0 Å². The summed E-state index contributed by atoms with van der Waals surface area (Å²) in [4.78, 5) is 19.2. The first kappa shape index (κ1) is 22.7. The van der Waals surface area contributed by atoms with Gasteiger partial charge >= 0.3 is 0 Å². The maximum absolute atomic E-state index is 12.1. The van der Waals surface area contributed by atoms with E-state index in [1.807, 2.05) is 0 Å². The van der Waals surface area contributed by atoms with Crippen LogP contribution in [0.25, 0.3) is 0 Å². The van der Waals surface area contributed by atoms with Crippen LogP contribution in [0, 0.1) is 11.3 Å². The van der Waals surface area contributed by atoms with Gasteiger partial charge in [0.05, 0.1) is 13.2 Å². The Bertz CT molecular complexity index is 488. The van der Waals surface area contributed by atoms with Gasteiger partial charge in [0.15, 0.2) is 5.96 Å². The predicted molar refractivity (Wildman–Crippen MR) is 120 cm³/mol. The molecule has 0 bridgehead atoms. The van der Waals surface area contributed by atoms with E-state index < -0.39 is 0 Å². The van der Waals surface area contributed by atoms with Crippen LogP contribution < -0.4 is 10.6 Å². The number of amides is 1. The number of hydrogen-bond acceptors (Lipinski definition) is 3. The van der Waals surface area contributed by atoms with Crippen LogP contribution >= 0.6 is 24.0 Å². The van der Waals surface area contributed by atoms with Crippen LogP contribution in [0.15, 0.2) is 4.99 Å². The minimum atomic E-state index is 0. The summed E-state index contributed by atoms with van der Waals surface area (Å²) in [5, 5.41) is 6.46. The summed E-state index contributed by atoms with van der Waals surface area (Å²) < 4.78 is 5.62. The Balaban J connectivity index is 0.00000261. The van der Waals surface area contributed by atoms with Crippen molar-refractivity contribution in [2.45, 2.75) is 58.3 Å². The van der Waals surface area contributed by atoms with Crippen molar-refractivity contribution in [1.82, 2.24) is 15.5 Å². The fraction of sp³-hybridized carbons (Fsp3) is 0.900. The van der Waals surface area contributed by atoms with E-state index in [-0.39, 0.29) is 29.9 Å². The first-order valence-corrected chi connectivity index (χ1v) is 10.6. The molecular formula is C20H37IN4O2. The number of rotatable bonds is 6. The minimum absolute atomic E-state index is 0. The summed E-state index contributed by atoms with van der Waals surface area (Å²) in [7, 11) is 0. The van der Waals surface area contributed by atoms with Crippen molar-refractivity contribution in [1.29, 1.82) is 0 Å². The summed E-state index contributed by atoms with van der Waals surface area (Å²) >= 11 is 0. The van der Waals surface area contributed by atoms with Crippen LogP contribution in [0.4, 0.5) is 0 Å². The number of halogens is 1. The number of hydrogen-bond donors (Lipinski definition) is 2. The van der Waals surface area contributed by atoms with Crippen LogP contribution in [0.1, 0.15) is 58.3 Å². The van der Waals surface area contributed by atoms with Crippen LogP contribution in [0.2, 0.25) is 0 Å². The summed E-state index contributed by atoms with van der Waals surface area (Å²) in [5.41, 5.74) is 0.338. The Labute approximate surface area is 181 Å². The molecule has 1 unspecified atom stereocenters. The van der Waals surface area contributed by atoms with Gasteiger partial charge in [-0.25, -0.2) is 0 Å². The highest BCUT2D eigenvalue weighted by molar-refractivity contribution is 14.0. The molecule has 0 aromatic rings. The molecule has 2 aliphatic heterocycles. The van der Waals surface area contributed by atoms with E-state index in [1.54, 1.807) is 0 Å². The Morgan fingerprint density at radius 1 is 1.22 bits per heavy atom. The molecule has 0 radical (unpaired) electrons. The Kier molecular flexibility index (Phi) is 9.62. The molecule has 1 atom stereocenters. The maximum Gasteiger partial charge on any atom is 0.220 e. The number of aliphatic imine (C=N–C) groups is 1. The van der Waals surface area contributed by atoms with Gasteiger partial charge in [-0.15, -0.1) is 24.0 Å². The summed E-state index contributed by atoms with van der Waals surface area (Å²) in [5.74, 6) is 1.78. The number of carbonyl (C=O) groups is 1. The molecule has 3 aliphatic rings. The SMILES string of the molecule is CCNC(=NCCNC(=O)CC1CCCCC1)N1CCC2(CCOC2)C1.I. The minimum Gasteiger partial charge on any atom is -0.381 e. The maximum atomic E-state index is 12.1. The average Bonchev–Trinajstić information content (AvgIpc) is 3.29. The van der Waals surface area contributed by atoms with Crippen molar-refractivity contribution in [3.05, 3.63) is 0 Å². The van der Waals surface area contributed by atoms with E-state index in [9.17, 15) is 4.79 Å². The quantitative estimate of drug-likeness (QED) is 0.259. The van der Waals surface area contributed by atoms with Gasteiger partial charge < -0.3 is 20.3 Å². The van der Waals surface area contributed by atoms with Gasteiger partial charge in [-0.1, -0.05) is 19.3 Å². The molecule has 27 heavy (non-hydrogen) atoms. The third-order valence-electron chi connectivity index (χ3n) is 6.15. The lowest BCUT2D eigenvalue weighted by Gasteiger charge is -2.25. The van der Waals surface area contributed by atoms with Crippen molar-refractivity contribution >= 4 is 35.8 Å². The van der Waals surface area contributed by atoms with Gasteiger partial charge in [0.1, 0.15) is 0 Å². The molecule has 0 aromatic heterocycles. The zero-order valence-electron chi connectivity index (χ0n) is 16.8. The van der Waals surface area contributed by atoms with Gasteiger partial charge in [-0.2, -0.15) is 0 Å². The Hall–Kier alpha value is -0.570. The molecule has 3 rings (SSSR count). The Morgan fingerprint density at radius 3 is 2.74 bits per heavy atom. The molecule has 1 amide bonds. The summed E-state index contributed by atoms with van der Waals surface area (Å²) in [6.45, 7) is 8.10. The lowest BCUT2D eigenvalue weighted by molar-refractivity contribution is -0.122. The third kappa shape index (κ3) is 6.76. The van der Waals surface area contributed by atoms with E-state index in [0.717, 1.165) is 38.8 Å². The molecule has 6 nitrogen and oxygen atoms in total. The zero-order chi connectivity index (χ0) is 18.2. The molecule has 1 saturated carbocycles. The standard InChI is InChI=1S/C20H36N4O2.HI/c1-2-21-19(24-12-8-20(15-24)9-13-26-16-20)23-11-10-22-18(25)14-17-6-4-3-5-7-17;/h17H,2-16H2,1H3,(H,21,23)(H,22,25);1H. The number of ether oxygens (including phenoxy) is 1. The molecular weight excluding hydrogens is 455 g/mol. The highest BCUT2D eigenvalue weighted by Crippen LogP contribution is 2.38. The van der Waals surface area contributed by atoms with E-state index in [0.29, 0.717) is 30.8 Å². The van der Waals surface area contributed by atoms with Gasteiger partial charge in [0.25, 0.3) is 0 Å². The number of nitrogens with one attached hydrogen (secondary N) is 2.